The van der Waals surface area contributed by atoms with Crippen molar-refractivity contribution in [1.29, 1.82) is 0 Å². The number of hydrogen-bond donors (Lipinski definition) is 1. The van der Waals surface area contributed by atoms with Crippen molar-refractivity contribution in [3.8, 4) is 0 Å². The second-order valence-corrected chi connectivity index (χ2v) is 6.78. The van der Waals surface area contributed by atoms with Crippen LogP contribution in [0.4, 0.5) is 10.5 Å². The number of carbonyl (C=O) groups is 2. The number of aromatic nitrogens is 1. The van der Waals surface area contributed by atoms with E-state index in [1.807, 2.05) is 19.1 Å². The molecule has 0 spiro atoms. The van der Waals surface area contributed by atoms with Crippen molar-refractivity contribution in [1.82, 2.24) is 20.3 Å². The fourth-order valence-electron chi connectivity index (χ4n) is 3.42. The first kappa shape index (κ1) is 18.4. The molecule has 2 fully saturated rings. The molecule has 0 bridgehead atoms. The molecule has 2 aliphatic rings. The Morgan fingerprint density at radius 2 is 1.69 bits per heavy atom. The highest BCUT2D eigenvalue weighted by Gasteiger charge is 2.26. The molecule has 1 N–H and O–H groups in total. The fraction of sp³-hybridized carbons (Fsp3) is 0.611. The summed E-state index contributed by atoms with van der Waals surface area (Å²) in [6.45, 7) is 6.25. The van der Waals surface area contributed by atoms with Gasteiger partial charge in [0, 0.05) is 44.3 Å². The molecule has 1 aromatic heterocycles. The fourth-order valence-corrected chi connectivity index (χ4v) is 3.42. The number of hydroxylamine groups is 1. The van der Waals surface area contributed by atoms with Crippen LogP contribution in [0.2, 0.25) is 0 Å². The molecule has 1 aromatic rings. The first-order chi connectivity index (χ1) is 12.6. The van der Waals surface area contributed by atoms with Gasteiger partial charge in [0.15, 0.2) is 0 Å². The molecule has 2 saturated heterocycles. The molecule has 1 unspecified atom stereocenters. The number of nitrogens with zero attached hydrogens (tertiary/aromatic N) is 4. The van der Waals surface area contributed by atoms with Gasteiger partial charge < -0.3 is 14.6 Å². The van der Waals surface area contributed by atoms with Gasteiger partial charge in [0.1, 0.15) is 6.04 Å². The summed E-state index contributed by atoms with van der Waals surface area (Å²) in [5, 5.41) is 0. The van der Waals surface area contributed by atoms with E-state index in [1.54, 1.807) is 17.3 Å². The molecule has 3 rings (SSSR count). The summed E-state index contributed by atoms with van der Waals surface area (Å²) in [4.78, 5) is 39.4. The number of carbonyl (C=O) groups excluding carboxylic acids is 2. The van der Waals surface area contributed by atoms with Gasteiger partial charge in [-0.15, -0.1) is 0 Å². The van der Waals surface area contributed by atoms with Crippen molar-refractivity contribution in [2.45, 2.75) is 32.2 Å². The Balaban J connectivity index is 1.40. The SMILES string of the molecule is CC(C(=O)ONC(=O)N1CCN(c2ccncc2)CC1)N1CCCCC1. The highest BCUT2D eigenvalue weighted by Crippen LogP contribution is 2.15. The number of piperidine rings is 1. The van der Waals surface area contributed by atoms with Crippen LogP contribution >= 0.6 is 0 Å². The minimum Gasteiger partial charge on any atom is -0.368 e. The number of rotatable bonds is 3. The van der Waals surface area contributed by atoms with E-state index in [4.69, 9.17) is 4.84 Å². The van der Waals surface area contributed by atoms with Gasteiger partial charge >= 0.3 is 12.0 Å². The molecule has 142 valence electrons. The summed E-state index contributed by atoms with van der Waals surface area (Å²) >= 11 is 0. The average molecular weight is 361 g/mol. The first-order valence-electron chi connectivity index (χ1n) is 9.30. The molecule has 0 saturated carbocycles. The third kappa shape index (κ3) is 4.63. The third-order valence-electron chi connectivity index (χ3n) is 5.11. The summed E-state index contributed by atoms with van der Waals surface area (Å²) in [7, 11) is 0. The Morgan fingerprint density at radius 1 is 1.04 bits per heavy atom. The van der Waals surface area contributed by atoms with Crippen molar-refractivity contribution in [2.24, 2.45) is 0 Å². The molecule has 0 aromatic carbocycles. The Kier molecular flexibility index (Phi) is 6.27. The van der Waals surface area contributed by atoms with Gasteiger partial charge in [-0.25, -0.2) is 9.59 Å². The van der Waals surface area contributed by atoms with Crippen molar-refractivity contribution >= 4 is 17.7 Å². The maximum atomic E-state index is 12.2. The van der Waals surface area contributed by atoms with Crippen LogP contribution < -0.4 is 10.4 Å². The van der Waals surface area contributed by atoms with Gasteiger partial charge in [0.25, 0.3) is 0 Å². The van der Waals surface area contributed by atoms with Gasteiger partial charge in [0.2, 0.25) is 0 Å². The highest BCUT2D eigenvalue weighted by atomic mass is 16.7. The van der Waals surface area contributed by atoms with Gasteiger partial charge in [-0.3, -0.25) is 9.88 Å². The standard InChI is InChI=1S/C18H27N5O3/c1-15(21-9-3-2-4-10-21)17(24)26-20-18(25)23-13-11-22(12-14-23)16-5-7-19-8-6-16/h5-8,15H,2-4,9-14H2,1H3,(H,20,25). The van der Waals surface area contributed by atoms with E-state index in [0.29, 0.717) is 13.1 Å². The molecular formula is C18H27N5O3. The van der Waals surface area contributed by atoms with E-state index < -0.39 is 5.97 Å². The molecular weight excluding hydrogens is 334 g/mol. The highest BCUT2D eigenvalue weighted by molar-refractivity contribution is 5.79. The number of urea groups is 1. The number of likely N-dealkylation sites (tertiary alicyclic amines) is 1. The number of piperazine rings is 1. The maximum Gasteiger partial charge on any atom is 0.350 e. The monoisotopic (exact) mass is 361 g/mol. The lowest BCUT2D eigenvalue weighted by Crippen LogP contribution is -2.53. The van der Waals surface area contributed by atoms with E-state index in [9.17, 15) is 9.59 Å². The lowest BCUT2D eigenvalue weighted by molar-refractivity contribution is -0.155. The summed E-state index contributed by atoms with van der Waals surface area (Å²) in [6, 6.07) is 3.22. The van der Waals surface area contributed by atoms with E-state index in [2.05, 4.69) is 20.3 Å². The van der Waals surface area contributed by atoms with Crippen LogP contribution in [0.15, 0.2) is 24.5 Å². The molecule has 0 aliphatic carbocycles. The zero-order chi connectivity index (χ0) is 18.4. The predicted octanol–water partition coefficient (Wildman–Crippen LogP) is 1.25. The van der Waals surface area contributed by atoms with Gasteiger partial charge in [-0.2, -0.15) is 5.48 Å². The predicted molar refractivity (Wildman–Crippen MR) is 97.5 cm³/mol. The Hall–Kier alpha value is -2.35. The Morgan fingerprint density at radius 3 is 2.35 bits per heavy atom. The quantitative estimate of drug-likeness (QED) is 0.817. The van der Waals surface area contributed by atoms with Crippen LogP contribution in [0.3, 0.4) is 0 Å². The summed E-state index contributed by atoms with van der Waals surface area (Å²) in [5.74, 6) is -0.407. The summed E-state index contributed by atoms with van der Waals surface area (Å²) < 4.78 is 0. The van der Waals surface area contributed by atoms with Crippen LogP contribution in [-0.4, -0.2) is 72.1 Å². The van der Waals surface area contributed by atoms with Crippen molar-refractivity contribution < 1.29 is 14.4 Å². The number of nitrogens with one attached hydrogen (secondary N) is 1. The van der Waals surface area contributed by atoms with E-state index in [1.165, 1.54) is 6.42 Å². The van der Waals surface area contributed by atoms with Crippen LogP contribution in [-0.2, 0) is 9.63 Å². The Labute approximate surface area is 154 Å². The average Bonchev–Trinajstić information content (AvgIpc) is 2.72. The van der Waals surface area contributed by atoms with Crippen molar-refractivity contribution in [3.63, 3.8) is 0 Å². The normalized spacial score (nSPS) is 19.7. The number of anilines is 1. The van der Waals surface area contributed by atoms with Crippen molar-refractivity contribution in [3.05, 3.63) is 24.5 Å². The van der Waals surface area contributed by atoms with E-state index >= 15 is 0 Å². The molecule has 3 heterocycles. The molecule has 8 heteroatoms. The van der Waals surface area contributed by atoms with E-state index in [-0.39, 0.29) is 12.1 Å². The molecule has 2 amide bonds. The number of amides is 2. The second-order valence-electron chi connectivity index (χ2n) is 6.78. The van der Waals surface area contributed by atoms with Crippen LogP contribution in [0, 0.1) is 0 Å². The van der Waals surface area contributed by atoms with Gasteiger partial charge in [0.05, 0.1) is 0 Å². The van der Waals surface area contributed by atoms with Gasteiger partial charge in [-0.1, -0.05) is 6.42 Å². The maximum absolute atomic E-state index is 12.2. The summed E-state index contributed by atoms with van der Waals surface area (Å²) in [6.07, 6.45) is 6.94. The minimum atomic E-state index is -0.407. The summed E-state index contributed by atoms with van der Waals surface area (Å²) in [5.41, 5.74) is 3.41. The zero-order valence-corrected chi connectivity index (χ0v) is 15.3. The zero-order valence-electron chi connectivity index (χ0n) is 15.3. The molecule has 0 radical (unpaired) electrons. The lowest BCUT2D eigenvalue weighted by Gasteiger charge is -2.35. The number of hydrogen-bond acceptors (Lipinski definition) is 6. The molecule has 26 heavy (non-hydrogen) atoms. The van der Waals surface area contributed by atoms with Gasteiger partial charge in [-0.05, 0) is 45.0 Å². The number of pyridine rings is 1. The Bertz CT molecular complexity index is 598. The molecule has 2 aliphatic heterocycles. The molecule has 1 atom stereocenters. The largest absolute Gasteiger partial charge is 0.368 e. The van der Waals surface area contributed by atoms with Crippen LogP contribution in [0.1, 0.15) is 26.2 Å². The van der Waals surface area contributed by atoms with Crippen LogP contribution in [0.5, 0.6) is 0 Å². The lowest BCUT2D eigenvalue weighted by atomic mass is 10.1. The van der Waals surface area contributed by atoms with Crippen LogP contribution in [0.25, 0.3) is 0 Å². The molecule has 8 nitrogen and oxygen atoms in total. The topological polar surface area (TPSA) is 78.0 Å². The van der Waals surface area contributed by atoms with E-state index in [0.717, 1.165) is 44.7 Å². The second kappa shape index (κ2) is 8.84. The minimum absolute atomic E-state index is 0.334. The first-order valence-corrected chi connectivity index (χ1v) is 9.30. The third-order valence-corrected chi connectivity index (χ3v) is 5.11. The van der Waals surface area contributed by atoms with Crippen molar-refractivity contribution in [2.75, 3.05) is 44.2 Å². The smallest absolute Gasteiger partial charge is 0.350 e.